The van der Waals surface area contributed by atoms with Crippen molar-refractivity contribution in [3.05, 3.63) is 29.8 Å². The van der Waals surface area contributed by atoms with E-state index in [9.17, 15) is 4.79 Å². The van der Waals surface area contributed by atoms with Gasteiger partial charge in [-0.2, -0.15) is 0 Å². The van der Waals surface area contributed by atoms with Crippen LogP contribution >= 0.6 is 0 Å². The van der Waals surface area contributed by atoms with Gasteiger partial charge in [-0.15, -0.1) is 0 Å². The number of hydrogen-bond donors (Lipinski definition) is 0. The van der Waals surface area contributed by atoms with Crippen LogP contribution in [0.3, 0.4) is 0 Å². The van der Waals surface area contributed by atoms with E-state index >= 15 is 0 Å². The van der Waals surface area contributed by atoms with Gasteiger partial charge in [0.1, 0.15) is 0 Å². The third kappa shape index (κ3) is 2.67. The minimum atomic E-state index is 0.277. The monoisotopic (exact) mass is 272 g/mol. The van der Waals surface area contributed by atoms with Crippen LogP contribution in [0.25, 0.3) is 0 Å². The highest BCUT2D eigenvalue weighted by Crippen LogP contribution is 2.39. The van der Waals surface area contributed by atoms with Gasteiger partial charge in [-0.1, -0.05) is 25.1 Å². The summed E-state index contributed by atoms with van der Waals surface area (Å²) in [5, 5.41) is 0. The van der Waals surface area contributed by atoms with Gasteiger partial charge in [-0.25, -0.2) is 0 Å². The molecule has 1 saturated heterocycles. The molecule has 1 aliphatic heterocycles. The standard InChI is InChI=1S/C17H24N2O/c1-13-11-15(13)17(20)18(2)12-14-7-3-4-8-16(14)19-9-5-6-10-19/h3-4,7-8,13,15H,5-6,9-12H2,1-2H3. The lowest BCUT2D eigenvalue weighted by Crippen LogP contribution is -2.29. The first kappa shape index (κ1) is 13.5. The van der Waals surface area contributed by atoms with Crippen molar-refractivity contribution in [3.8, 4) is 0 Å². The summed E-state index contributed by atoms with van der Waals surface area (Å²) < 4.78 is 0. The number of nitrogens with zero attached hydrogens (tertiary/aromatic N) is 2. The molecule has 3 rings (SSSR count). The van der Waals surface area contributed by atoms with E-state index in [0.29, 0.717) is 11.8 Å². The summed E-state index contributed by atoms with van der Waals surface area (Å²) in [4.78, 5) is 16.6. The number of anilines is 1. The Balaban J connectivity index is 1.71. The van der Waals surface area contributed by atoms with Crippen molar-refractivity contribution in [3.63, 3.8) is 0 Å². The second-order valence-corrected chi connectivity index (χ2v) is 6.34. The Labute approximate surface area is 121 Å². The van der Waals surface area contributed by atoms with Crippen LogP contribution in [-0.4, -0.2) is 30.9 Å². The molecule has 108 valence electrons. The molecule has 1 saturated carbocycles. The number of benzene rings is 1. The Hall–Kier alpha value is -1.51. The van der Waals surface area contributed by atoms with Crippen LogP contribution < -0.4 is 4.90 Å². The first-order valence-corrected chi connectivity index (χ1v) is 7.74. The number of para-hydroxylation sites is 1. The van der Waals surface area contributed by atoms with E-state index in [1.54, 1.807) is 0 Å². The molecule has 1 aliphatic carbocycles. The Kier molecular flexibility index (Phi) is 3.68. The van der Waals surface area contributed by atoms with E-state index in [1.165, 1.54) is 24.1 Å². The molecule has 1 aromatic rings. The molecule has 1 aromatic carbocycles. The third-order valence-corrected chi connectivity index (χ3v) is 4.65. The van der Waals surface area contributed by atoms with Gasteiger partial charge in [0.05, 0.1) is 0 Å². The fourth-order valence-electron chi connectivity index (χ4n) is 3.19. The number of amides is 1. The van der Waals surface area contributed by atoms with E-state index in [0.717, 1.165) is 26.1 Å². The second-order valence-electron chi connectivity index (χ2n) is 6.34. The Morgan fingerprint density at radius 2 is 1.95 bits per heavy atom. The van der Waals surface area contributed by atoms with Gasteiger partial charge in [0.2, 0.25) is 5.91 Å². The average Bonchev–Trinajstić information content (AvgIpc) is 2.95. The van der Waals surface area contributed by atoms with Crippen molar-refractivity contribution in [2.75, 3.05) is 25.0 Å². The zero-order chi connectivity index (χ0) is 14.1. The number of rotatable bonds is 4. The second kappa shape index (κ2) is 5.47. The SMILES string of the molecule is CC1CC1C(=O)N(C)Cc1ccccc1N1CCCC1. The highest BCUT2D eigenvalue weighted by atomic mass is 16.2. The summed E-state index contributed by atoms with van der Waals surface area (Å²) in [6.45, 7) is 5.19. The van der Waals surface area contributed by atoms with Crippen molar-refractivity contribution < 1.29 is 4.79 Å². The maximum atomic E-state index is 12.3. The summed E-state index contributed by atoms with van der Waals surface area (Å²) in [7, 11) is 1.94. The highest BCUT2D eigenvalue weighted by molar-refractivity contribution is 5.81. The lowest BCUT2D eigenvalue weighted by Gasteiger charge is -2.24. The largest absolute Gasteiger partial charge is 0.371 e. The van der Waals surface area contributed by atoms with Crippen molar-refractivity contribution >= 4 is 11.6 Å². The summed E-state index contributed by atoms with van der Waals surface area (Å²) >= 11 is 0. The van der Waals surface area contributed by atoms with Gasteiger partial charge in [-0.3, -0.25) is 4.79 Å². The molecule has 3 nitrogen and oxygen atoms in total. The van der Waals surface area contributed by atoms with Crippen LogP contribution in [0.4, 0.5) is 5.69 Å². The van der Waals surface area contributed by atoms with E-state index < -0.39 is 0 Å². The molecule has 0 N–H and O–H groups in total. The van der Waals surface area contributed by atoms with E-state index in [1.807, 2.05) is 11.9 Å². The number of carbonyl (C=O) groups is 1. The van der Waals surface area contributed by atoms with Crippen molar-refractivity contribution in [2.45, 2.75) is 32.7 Å². The topological polar surface area (TPSA) is 23.6 Å². The molecule has 0 spiro atoms. The van der Waals surface area contributed by atoms with Crippen LogP contribution in [0, 0.1) is 11.8 Å². The van der Waals surface area contributed by atoms with Gasteiger partial charge >= 0.3 is 0 Å². The Morgan fingerprint density at radius 3 is 2.60 bits per heavy atom. The molecule has 2 atom stereocenters. The summed E-state index contributed by atoms with van der Waals surface area (Å²) in [5.74, 6) is 1.17. The molecule has 2 unspecified atom stereocenters. The lowest BCUT2D eigenvalue weighted by molar-refractivity contribution is -0.132. The lowest BCUT2D eigenvalue weighted by atomic mass is 10.1. The van der Waals surface area contributed by atoms with Gasteiger partial charge in [0, 0.05) is 38.3 Å². The predicted octanol–water partition coefficient (Wildman–Crippen LogP) is 2.90. The summed E-state index contributed by atoms with van der Waals surface area (Å²) in [6.07, 6.45) is 3.63. The third-order valence-electron chi connectivity index (χ3n) is 4.65. The molecule has 2 aliphatic rings. The molecule has 2 fully saturated rings. The molecule has 0 radical (unpaired) electrons. The van der Waals surface area contributed by atoms with Gasteiger partial charge in [0.25, 0.3) is 0 Å². The summed E-state index contributed by atoms with van der Waals surface area (Å²) in [5.41, 5.74) is 2.59. The quantitative estimate of drug-likeness (QED) is 0.841. The number of carbonyl (C=O) groups excluding carboxylic acids is 1. The molecule has 1 heterocycles. The van der Waals surface area contributed by atoms with Gasteiger partial charge in [-0.05, 0) is 36.8 Å². The van der Waals surface area contributed by atoms with Crippen molar-refractivity contribution in [1.82, 2.24) is 4.90 Å². The smallest absolute Gasteiger partial charge is 0.226 e. The Morgan fingerprint density at radius 1 is 1.30 bits per heavy atom. The van der Waals surface area contributed by atoms with Crippen LogP contribution in [0.15, 0.2) is 24.3 Å². The molecule has 20 heavy (non-hydrogen) atoms. The zero-order valence-electron chi connectivity index (χ0n) is 12.5. The Bertz CT molecular complexity index is 494. The zero-order valence-corrected chi connectivity index (χ0v) is 12.5. The van der Waals surface area contributed by atoms with Crippen LogP contribution in [-0.2, 0) is 11.3 Å². The van der Waals surface area contributed by atoms with Crippen molar-refractivity contribution in [2.24, 2.45) is 11.8 Å². The van der Waals surface area contributed by atoms with Crippen molar-refractivity contribution in [1.29, 1.82) is 0 Å². The van der Waals surface area contributed by atoms with E-state index in [4.69, 9.17) is 0 Å². The van der Waals surface area contributed by atoms with Gasteiger partial charge in [0.15, 0.2) is 0 Å². The van der Waals surface area contributed by atoms with E-state index in [2.05, 4.69) is 36.1 Å². The summed E-state index contributed by atoms with van der Waals surface area (Å²) in [6, 6.07) is 8.53. The first-order valence-electron chi connectivity index (χ1n) is 7.74. The van der Waals surface area contributed by atoms with Crippen LogP contribution in [0.5, 0.6) is 0 Å². The fraction of sp³-hybridized carbons (Fsp3) is 0.588. The molecule has 0 bridgehead atoms. The predicted molar refractivity (Wildman–Crippen MR) is 81.6 cm³/mol. The molecular formula is C17H24N2O. The molecule has 0 aromatic heterocycles. The average molecular weight is 272 g/mol. The minimum absolute atomic E-state index is 0.277. The fourth-order valence-corrected chi connectivity index (χ4v) is 3.19. The van der Waals surface area contributed by atoms with Crippen LogP contribution in [0.2, 0.25) is 0 Å². The van der Waals surface area contributed by atoms with E-state index in [-0.39, 0.29) is 5.92 Å². The molecular weight excluding hydrogens is 248 g/mol. The first-order chi connectivity index (χ1) is 9.66. The molecule has 1 amide bonds. The minimum Gasteiger partial charge on any atom is -0.371 e. The highest BCUT2D eigenvalue weighted by Gasteiger charge is 2.40. The molecule has 3 heteroatoms. The maximum absolute atomic E-state index is 12.3. The van der Waals surface area contributed by atoms with Gasteiger partial charge < -0.3 is 9.80 Å². The maximum Gasteiger partial charge on any atom is 0.226 e. The van der Waals surface area contributed by atoms with Crippen LogP contribution in [0.1, 0.15) is 31.7 Å². The normalized spacial score (nSPS) is 24.8. The number of hydrogen-bond acceptors (Lipinski definition) is 2.